The van der Waals surface area contributed by atoms with Crippen LogP contribution in [0.2, 0.25) is 0 Å². The number of aromatic carboxylic acids is 1. The molecule has 3 nitrogen and oxygen atoms in total. The SMILES string of the molecule is O=C(O)c1c2c(nc3ccccc13)/C(=C\c1ccccc1)CC2. The zero-order valence-corrected chi connectivity index (χ0v) is 12.5. The number of carboxylic acid groups (broad SMARTS) is 1. The van der Waals surface area contributed by atoms with E-state index in [9.17, 15) is 9.90 Å². The first-order chi connectivity index (χ1) is 11.2. The summed E-state index contributed by atoms with van der Waals surface area (Å²) in [4.78, 5) is 16.5. The van der Waals surface area contributed by atoms with Gasteiger partial charge in [-0.2, -0.15) is 0 Å². The van der Waals surface area contributed by atoms with Crippen molar-refractivity contribution < 1.29 is 9.90 Å². The van der Waals surface area contributed by atoms with E-state index in [-0.39, 0.29) is 0 Å². The Bertz CT molecular complexity index is 943. The Labute approximate surface area is 133 Å². The standard InChI is InChI=1S/C20H15NO2/c22-20(23)18-15-8-4-5-9-17(15)21-19-14(10-11-16(18)19)12-13-6-2-1-3-7-13/h1-9,12H,10-11H2,(H,22,23)/b14-12-. The monoisotopic (exact) mass is 301 g/mol. The molecule has 3 aromatic rings. The minimum Gasteiger partial charge on any atom is -0.478 e. The predicted molar refractivity (Wildman–Crippen MR) is 91.3 cm³/mol. The zero-order valence-electron chi connectivity index (χ0n) is 12.5. The molecule has 0 aliphatic heterocycles. The van der Waals surface area contributed by atoms with Crippen molar-refractivity contribution in [2.45, 2.75) is 12.8 Å². The van der Waals surface area contributed by atoms with E-state index in [4.69, 9.17) is 4.98 Å². The number of hydrogen-bond acceptors (Lipinski definition) is 2. The van der Waals surface area contributed by atoms with Crippen LogP contribution in [0.25, 0.3) is 22.6 Å². The van der Waals surface area contributed by atoms with E-state index in [1.165, 1.54) is 0 Å². The molecule has 0 radical (unpaired) electrons. The molecule has 0 saturated heterocycles. The summed E-state index contributed by atoms with van der Waals surface area (Å²) in [5.74, 6) is -0.874. The molecule has 23 heavy (non-hydrogen) atoms. The summed E-state index contributed by atoms with van der Waals surface area (Å²) in [6, 6.07) is 17.5. The average molecular weight is 301 g/mol. The van der Waals surface area contributed by atoms with Crippen molar-refractivity contribution in [3.05, 3.63) is 77.0 Å². The van der Waals surface area contributed by atoms with Gasteiger partial charge in [-0.15, -0.1) is 0 Å². The predicted octanol–water partition coefficient (Wildman–Crippen LogP) is 4.42. The van der Waals surface area contributed by atoms with Gasteiger partial charge in [-0.3, -0.25) is 0 Å². The zero-order chi connectivity index (χ0) is 15.8. The maximum atomic E-state index is 11.8. The number of pyridine rings is 1. The average Bonchev–Trinajstić information content (AvgIpc) is 2.95. The third-order valence-electron chi connectivity index (χ3n) is 4.30. The number of rotatable bonds is 2. The number of hydrogen-bond donors (Lipinski definition) is 1. The van der Waals surface area contributed by atoms with Crippen LogP contribution in [0.5, 0.6) is 0 Å². The van der Waals surface area contributed by atoms with E-state index in [0.29, 0.717) is 5.56 Å². The Morgan fingerprint density at radius 3 is 2.52 bits per heavy atom. The van der Waals surface area contributed by atoms with Crippen molar-refractivity contribution in [3.8, 4) is 0 Å². The highest BCUT2D eigenvalue weighted by Crippen LogP contribution is 2.37. The molecular weight excluding hydrogens is 286 g/mol. The van der Waals surface area contributed by atoms with Crippen LogP contribution in [0.1, 0.15) is 33.6 Å². The van der Waals surface area contributed by atoms with Crippen molar-refractivity contribution >= 4 is 28.5 Å². The molecule has 0 atom stereocenters. The van der Waals surface area contributed by atoms with Crippen LogP contribution in [-0.2, 0) is 6.42 Å². The molecule has 0 amide bonds. The normalized spacial score (nSPS) is 15.0. The first-order valence-corrected chi connectivity index (χ1v) is 7.65. The smallest absolute Gasteiger partial charge is 0.336 e. The second kappa shape index (κ2) is 5.36. The van der Waals surface area contributed by atoms with Crippen LogP contribution in [0, 0.1) is 0 Å². The van der Waals surface area contributed by atoms with Gasteiger partial charge in [0.2, 0.25) is 0 Å². The number of nitrogens with zero attached hydrogens (tertiary/aromatic N) is 1. The number of para-hydroxylation sites is 1. The van der Waals surface area contributed by atoms with Crippen LogP contribution >= 0.6 is 0 Å². The summed E-state index contributed by atoms with van der Waals surface area (Å²) < 4.78 is 0. The second-order valence-electron chi connectivity index (χ2n) is 5.72. The molecule has 112 valence electrons. The Morgan fingerprint density at radius 1 is 1.00 bits per heavy atom. The molecule has 1 aliphatic carbocycles. The fraction of sp³-hybridized carbons (Fsp3) is 0.100. The quantitative estimate of drug-likeness (QED) is 0.762. The van der Waals surface area contributed by atoms with Gasteiger partial charge in [0.05, 0.1) is 16.8 Å². The van der Waals surface area contributed by atoms with Crippen LogP contribution in [0.4, 0.5) is 0 Å². The summed E-state index contributed by atoms with van der Waals surface area (Å²) in [5.41, 5.74) is 5.07. The maximum absolute atomic E-state index is 11.8. The number of allylic oxidation sites excluding steroid dienone is 1. The number of carbonyl (C=O) groups is 1. The molecule has 1 aliphatic rings. The lowest BCUT2D eigenvalue weighted by Crippen LogP contribution is -2.05. The van der Waals surface area contributed by atoms with Gasteiger partial charge in [0, 0.05) is 5.39 Å². The number of carboxylic acids is 1. The first-order valence-electron chi connectivity index (χ1n) is 7.65. The van der Waals surface area contributed by atoms with Gasteiger partial charge in [-0.25, -0.2) is 9.78 Å². The molecule has 1 aromatic heterocycles. The Morgan fingerprint density at radius 2 is 1.74 bits per heavy atom. The lowest BCUT2D eigenvalue weighted by atomic mass is 10.0. The van der Waals surface area contributed by atoms with Gasteiger partial charge in [-0.05, 0) is 41.7 Å². The molecule has 4 rings (SSSR count). The first kappa shape index (κ1) is 13.7. The molecule has 3 heteroatoms. The van der Waals surface area contributed by atoms with Crippen LogP contribution in [0.15, 0.2) is 54.6 Å². The third kappa shape index (κ3) is 2.30. The highest BCUT2D eigenvalue weighted by Gasteiger charge is 2.26. The Hall–Kier alpha value is -2.94. The largest absolute Gasteiger partial charge is 0.478 e. The third-order valence-corrected chi connectivity index (χ3v) is 4.30. The van der Waals surface area contributed by atoms with Gasteiger partial charge in [-0.1, -0.05) is 48.5 Å². The molecule has 0 bridgehead atoms. The molecule has 2 aromatic carbocycles. The van der Waals surface area contributed by atoms with Crippen LogP contribution in [0.3, 0.4) is 0 Å². The Balaban J connectivity index is 1.96. The van der Waals surface area contributed by atoms with Crippen molar-refractivity contribution in [1.29, 1.82) is 0 Å². The lowest BCUT2D eigenvalue weighted by molar-refractivity contribution is 0.0698. The molecule has 0 saturated carbocycles. The second-order valence-corrected chi connectivity index (χ2v) is 5.72. The van der Waals surface area contributed by atoms with Crippen LogP contribution in [-0.4, -0.2) is 16.1 Å². The summed E-state index contributed by atoms with van der Waals surface area (Å²) in [6.07, 6.45) is 3.67. The summed E-state index contributed by atoms with van der Waals surface area (Å²) >= 11 is 0. The van der Waals surface area contributed by atoms with Gasteiger partial charge >= 0.3 is 5.97 Å². The van der Waals surface area contributed by atoms with E-state index in [0.717, 1.165) is 46.1 Å². The minimum atomic E-state index is -0.874. The van der Waals surface area contributed by atoms with E-state index in [1.807, 2.05) is 54.6 Å². The minimum absolute atomic E-state index is 0.405. The summed E-state index contributed by atoms with van der Waals surface area (Å²) in [5, 5.41) is 10.4. The number of benzene rings is 2. The van der Waals surface area contributed by atoms with Gasteiger partial charge in [0.1, 0.15) is 0 Å². The van der Waals surface area contributed by atoms with Gasteiger partial charge < -0.3 is 5.11 Å². The van der Waals surface area contributed by atoms with E-state index in [1.54, 1.807) is 0 Å². The highest BCUT2D eigenvalue weighted by molar-refractivity contribution is 6.06. The molecule has 0 fully saturated rings. The van der Waals surface area contributed by atoms with E-state index in [2.05, 4.69) is 6.08 Å². The molecule has 0 unspecified atom stereocenters. The van der Waals surface area contributed by atoms with E-state index < -0.39 is 5.97 Å². The molecule has 1 N–H and O–H groups in total. The molecule has 1 heterocycles. The fourth-order valence-corrected chi connectivity index (χ4v) is 3.27. The van der Waals surface area contributed by atoms with Crippen LogP contribution < -0.4 is 0 Å². The molecular formula is C20H15NO2. The van der Waals surface area contributed by atoms with Crippen molar-refractivity contribution in [2.24, 2.45) is 0 Å². The molecule has 0 spiro atoms. The number of aromatic nitrogens is 1. The topological polar surface area (TPSA) is 50.2 Å². The van der Waals surface area contributed by atoms with Crippen molar-refractivity contribution in [1.82, 2.24) is 4.98 Å². The summed E-state index contributed by atoms with van der Waals surface area (Å²) in [6.45, 7) is 0. The van der Waals surface area contributed by atoms with Crippen molar-refractivity contribution in [2.75, 3.05) is 0 Å². The highest BCUT2D eigenvalue weighted by atomic mass is 16.4. The van der Waals surface area contributed by atoms with Crippen molar-refractivity contribution in [3.63, 3.8) is 0 Å². The fourth-order valence-electron chi connectivity index (χ4n) is 3.27. The van der Waals surface area contributed by atoms with Gasteiger partial charge in [0.25, 0.3) is 0 Å². The lowest BCUT2D eigenvalue weighted by Gasteiger charge is -2.09. The van der Waals surface area contributed by atoms with E-state index >= 15 is 0 Å². The summed E-state index contributed by atoms with van der Waals surface area (Å²) in [7, 11) is 0. The maximum Gasteiger partial charge on any atom is 0.336 e. The van der Waals surface area contributed by atoms with Gasteiger partial charge in [0.15, 0.2) is 0 Å². The number of fused-ring (bicyclic) bond motifs is 2. The Kier molecular flexibility index (Phi) is 3.19.